The fraction of sp³-hybridized carbons (Fsp3) is 0.286. The van der Waals surface area contributed by atoms with Crippen LogP contribution in [0.4, 0.5) is 0 Å². The maximum Gasteiger partial charge on any atom is 0.260 e. The predicted molar refractivity (Wildman–Crippen MR) is 104 cm³/mol. The fourth-order valence-corrected chi connectivity index (χ4v) is 4.82. The third-order valence-electron chi connectivity index (χ3n) is 5.24. The van der Waals surface area contributed by atoms with Crippen molar-refractivity contribution in [2.75, 3.05) is 7.11 Å². The molecule has 0 bridgehead atoms. The van der Waals surface area contributed by atoms with E-state index in [0.29, 0.717) is 19.3 Å². The Balaban J connectivity index is 1.46. The maximum atomic E-state index is 12.7. The third-order valence-corrected chi connectivity index (χ3v) is 6.72. The highest BCUT2D eigenvalue weighted by atomic mass is 32.2. The molecular weight excluding hydrogens is 362 g/mol. The number of methoxy groups -OCH3 is 1. The SMILES string of the molecule is COc1cccc([C@@H]2C[C@H]2C(=O)NS(=O)(=O)C2=Cc3ccccc3CC2)c1. The zero-order valence-corrected chi connectivity index (χ0v) is 15.8. The van der Waals surface area contributed by atoms with E-state index in [0.717, 1.165) is 22.4 Å². The van der Waals surface area contributed by atoms with Crippen molar-refractivity contribution in [2.24, 2.45) is 5.92 Å². The van der Waals surface area contributed by atoms with Crippen LogP contribution in [0.2, 0.25) is 0 Å². The molecule has 1 fully saturated rings. The number of amides is 1. The van der Waals surface area contributed by atoms with Gasteiger partial charge >= 0.3 is 0 Å². The summed E-state index contributed by atoms with van der Waals surface area (Å²) in [5.74, 6) is 0.0273. The van der Waals surface area contributed by atoms with E-state index in [1.54, 1.807) is 13.2 Å². The number of aryl methyl sites for hydroxylation is 1. The Bertz CT molecular complexity index is 1030. The molecule has 0 aromatic heterocycles. The Labute approximate surface area is 159 Å². The number of benzene rings is 2. The molecule has 2 aromatic carbocycles. The van der Waals surface area contributed by atoms with Crippen molar-refractivity contribution >= 4 is 22.0 Å². The van der Waals surface area contributed by atoms with Crippen molar-refractivity contribution in [1.82, 2.24) is 4.72 Å². The summed E-state index contributed by atoms with van der Waals surface area (Å²) in [6.07, 6.45) is 3.38. The summed E-state index contributed by atoms with van der Waals surface area (Å²) >= 11 is 0. The molecule has 140 valence electrons. The minimum absolute atomic E-state index is 0.0383. The summed E-state index contributed by atoms with van der Waals surface area (Å²) < 4.78 is 32.8. The lowest BCUT2D eigenvalue weighted by molar-refractivity contribution is -0.120. The average molecular weight is 383 g/mol. The zero-order chi connectivity index (χ0) is 19.0. The molecule has 0 unspecified atom stereocenters. The van der Waals surface area contributed by atoms with Crippen LogP contribution >= 0.6 is 0 Å². The van der Waals surface area contributed by atoms with Gasteiger partial charge in [0.2, 0.25) is 5.91 Å². The van der Waals surface area contributed by atoms with Crippen LogP contribution in [-0.4, -0.2) is 21.4 Å². The molecule has 6 heteroatoms. The van der Waals surface area contributed by atoms with Crippen LogP contribution in [0.15, 0.2) is 53.4 Å². The lowest BCUT2D eigenvalue weighted by atomic mass is 9.98. The number of sulfonamides is 1. The highest BCUT2D eigenvalue weighted by Gasteiger charge is 2.45. The molecule has 0 saturated heterocycles. The summed E-state index contributed by atoms with van der Waals surface area (Å²) in [6, 6.07) is 15.3. The molecule has 0 radical (unpaired) electrons. The van der Waals surface area contributed by atoms with Gasteiger partial charge in [0.1, 0.15) is 5.75 Å². The molecule has 2 aliphatic carbocycles. The Morgan fingerprint density at radius 3 is 2.74 bits per heavy atom. The number of ether oxygens (including phenoxy) is 1. The first-order valence-electron chi connectivity index (χ1n) is 8.97. The van der Waals surface area contributed by atoms with Gasteiger partial charge in [0.25, 0.3) is 10.0 Å². The molecule has 27 heavy (non-hydrogen) atoms. The Morgan fingerprint density at radius 1 is 1.11 bits per heavy atom. The number of carbonyl (C=O) groups is 1. The normalized spacial score (nSPS) is 21.0. The number of allylic oxidation sites excluding steroid dienone is 1. The molecule has 1 saturated carbocycles. The van der Waals surface area contributed by atoms with Crippen LogP contribution in [0.3, 0.4) is 0 Å². The lowest BCUT2D eigenvalue weighted by Gasteiger charge is -2.17. The number of rotatable bonds is 5. The van der Waals surface area contributed by atoms with Gasteiger partial charge in [0, 0.05) is 5.92 Å². The number of fused-ring (bicyclic) bond motifs is 1. The maximum absolute atomic E-state index is 12.7. The second-order valence-corrected chi connectivity index (χ2v) is 8.74. The predicted octanol–water partition coefficient (Wildman–Crippen LogP) is 3.23. The van der Waals surface area contributed by atoms with Gasteiger partial charge in [0.05, 0.1) is 12.0 Å². The van der Waals surface area contributed by atoms with Crippen molar-refractivity contribution in [2.45, 2.75) is 25.2 Å². The first kappa shape index (κ1) is 17.8. The highest BCUT2D eigenvalue weighted by molar-refractivity contribution is 7.94. The monoisotopic (exact) mass is 383 g/mol. The number of carbonyl (C=O) groups excluding carboxylic acids is 1. The second-order valence-electron chi connectivity index (χ2n) is 7.00. The zero-order valence-electron chi connectivity index (χ0n) is 15.0. The van der Waals surface area contributed by atoms with Crippen LogP contribution in [0.5, 0.6) is 5.75 Å². The molecule has 2 atom stereocenters. The van der Waals surface area contributed by atoms with Gasteiger partial charge in [-0.2, -0.15) is 0 Å². The Morgan fingerprint density at radius 2 is 1.93 bits per heavy atom. The molecule has 5 nitrogen and oxygen atoms in total. The Kier molecular flexibility index (Phi) is 4.52. The van der Waals surface area contributed by atoms with E-state index in [-0.39, 0.29) is 16.7 Å². The van der Waals surface area contributed by atoms with Gasteiger partial charge in [-0.15, -0.1) is 0 Å². The number of nitrogens with one attached hydrogen (secondary N) is 1. The van der Waals surface area contributed by atoms with E-state index in [2.05, 4.69) is 4.72 Å². The van der Waals surface area contributed by atoms with E-state index in [1.807, 2.05) is 48.5 Å². The van der Waals surface area contributed by atoms with Crippen LogP contribution in [0.1, 0.15) is 35.4 Å². The number of hydrogen-bond acceptors (Lipinski definition) is 4. The van der Waals surface area contributed by atoms with Crippen LogP contribution < -0.4 is 9.46 Å². The van der Waals surface area contributed by atoms with E-state index in [4.69, 9.17) is 4.74 Å². The smallest absolute Gasteiger partial charge is 0.260 e. The highest BCUT2D eigenvalue weighted by Crippen LogP contribution is 2.48. The summed E-state index contributed by atoms with van der Waals surface area (Å²) in [5.41, 5.74) is 3.03. The molecule has 0 aliphatic heterocycles. The van der Waals surface area contributed by atoms with Crippen LogP contribution in [-0.2, 0) is 21.2 Å². The van der Waals surface area contributed by atoms with Crippen molar-refractivity contribution in [3.8, 4) is 5.75 Å². The topological polar surface area (TPSA) is 72.5 Å². The van der Waals surface area contributed by atoms with Gasteiger partial charge in [-0.05, 0) is 60.1 Å². The van der Waals surface area contributed by atoms with Gasteiger partial charge in [-0.1, -0.05) is 36.4 Å². The van der Waals surface area contributed by atoms with E-state index < -0.39 is 15.9 Å². The third kappa shape index (κ3) is 3.62. The summed E-state index contributed by atoms with van der Waals surface area (Å²) in [5, 5.41) is 0. The van der Waals surface area contributed by atoms with Gasteiger partial charge in [-0.25, -0.2) is 13.1 Å². The van der Waals surface area contributed by atoms with Gasteiger partial charge in [0.15, 0.2) is 0 Å². The van der Waals surface area contributed by atoms with Crippen molar-refractivity contribution in [3.63, 3.8) is 0 Å². The Hall–Kier alpha value is -2.60. The van der Waals surface area contributed by atoms with Gasteiger partial charge < -0.3 is 4.74 Å². The first-order chi connectivity index (χ1) is 13.0. The standard InChI is InChI=1S/C21H21NO4S/c1-26-17-8-4-7-16(11-17)19-13-20(19)21(23)22-27(24,25)18-10-9-14-5-2-3-6-15(14)12-18/h2-8,11-12,19-20H,9-10,13H2,1H3,(H,22,23)/t19-,20+/m0/s1. The molecule has 1 N–H and O–H groups in total. The molecule has 2 aliphatic rings. The molecular formula is C21H21NO4S. The van der Waals surface area contributed by atoms with Crippen LogP contribution in [0.25, 0.3) is 6.08 Å². The van der Waals surface area contributed by atoms with E-state index in [9.17, 15) is 13.2 Å². The van der Waals surface area contributed by atoms with Crippen molar-refractivity contribution in [3.05, 3.63) is 70.1 Å². The van der Waals surface area contributed by atoms with Gasteiger partial charge in [-0.3, -0.25) is 4.79 Å². The average Bonchev–Trinajstić information content (AvgIpc) is 3.48. The quantitative estimate of drug-likeness (QED) is 0.860. The molecule has 2 aromatic rings. The fourth-order valence-electron chi connectivity index (χ4n) is 3.62. The summed E-state index contributed by atoms with van der Waals surface area (Å²) in [6.45, 7) is 0. The molecule has 0 heterocycles. The second kappa shape index (κ2) is 6.85. The van der Waals surface area contributed by atoms with Crippen molar-refractivity contribution in [1.29, 1.82) is 0 Å². The summed E-state index contributed by atoms with van der Waals surface area (Å²) in [7, 11) is -2.22. The first-order valence-corrected chi connectivity index (χ1v) is 10.5. The van der Waals surface area contributed by atoms with E-state index in [1.165, 1.54) is 0 Å². The van der Waals surface area contributed by atoms with Crippen molar-refractivity contribution < 1.29 is 17.9 Å². The number of hydrogen-bond donors (Lipinski definition) is 1. The summed E-state index contributed by atoms with van der Waals surface area (Å²) in [4.78, 5) is 12.8. The van der Waals surface area contributed by atoms with E-state index >= 15 is 0 Å². The molecule has 1 amide bonds. The largest absolute Gasteiger partial charge is 0.497 e. The van der Waals surface area contributed by atoms with Crippen LogP contribution in [0, 0.1) is 5.92 Å². The lowest BCUT2D eigenvalue weighted by Crippen LogP contribution is -2.33. The molecule has 0 spiro atoms. The molecule has 4 rings (SSSR count). The minimum Gasteiger partial charge on any atom is -0.497 e. The minimum atomic E-state index is -3.81.